The number of halogens is 1. The molecule has 4 rings (SSSR count). The number of nitrogens with zero attached hydrogens (tertiary/aromatic N) is 3. The highest BCUT2D eigenvalue weighted by Gasteiger charge is 2.40. The first-order valence-corrected chi connectivity index (χ1v) is 12.9. The largest absolute Gasteiger partial charge is 0.497 e. The molecule has 0 radical (unpaired) electrons. The molecule has 2 fully saturated rings. The molecule has 0 spiro atoms. The molecule has 0 N–H and O–H groups in total. The quantitative estimate of drug-likeness (QED) is 0.546. The fourth-order valence-corrected chi connectivity index (χ4v) is 8.25. The summed E-state index contributed by atoms with van der Waals surface area (Å²) in [5, 5.41) is 1.10. The van der Waals surface area contributed by atoms with E-state index in [2.05, 4.69) is 43.5 Å². The lowest BCUT2D eigenvalue weighted by Crippen LogP contribution is -2.46. The summed E-state index contributed by atoms with van der Waals surface area (Å²) in [6.07, 6.45) is 0. The normalized spacial score (nSPS) is 18.5. The van der Waals surface area contributed by atoms with E-state index in [-0.39, 0.29) is 0 Å². The van der Waals surface area contributed by atoms with Gasteiger partial charge in [0.25, 0.3) is 0 Å². The van der Waals surface area contributed by atoms with Crippen LogP contribution in [0.15, 0.2) is 51.7 Å². The molecule has 0 aliphatic carbocycles. The second-order valence-corrected chi connectivity index (χ2v) is 11.2. The number of methoxy groups -OCH3 is 2. The zero-order valence-electron chi connectivity index (χ0n) is 18.0. The van der Waals surface area contributed by atoms with Crippen molar-refractivity contribution in [3.05, 3.63) is 46.9 Å². The Kier molecular flexibility index (Phi) is 7.69. The second kappa shape index (κ2) is 10.5. The maximum absolute atomic E-state index is 5.90. The summed E-state index contributed by atoms with van der Waals surface area (Å²) >= 11 is 3.54. The van der Waals surface area contributed by atoms with Crippen molar-refractivity contribution in [2.24, 2.45) is 4.74 Å². The highest BCUT2D eigenvalue weighted by molar-refractivity contribution is 9.10. The van der Waals surface area contributed by atoms with Crippen molar-refractivity contribution >= 4 is 34.3 Å². The summed E-state index contributed by atoms with van der Waals surface area (Å²) < 4.78 is 34.4. The van der Waals surface area contributed by atoms with E-state index in [0.29, 0.717) is 26.4 Å². The highest BCUT2D eigenvalue weighted by Crippen LogP contribution is 2.59. The second-order valence-electron chi connectivity index (χ2n) is 7.31. The fourth-order valence-electron chi connectivity index (χ4n) is 4.03. The molecule has 31 heavy (non-hydrogen) atoms. The third-order valence-corrected chi connectivity index (χ3v) is 9.99. The van der Waals surface area contributed by atoms with Crippen molar-refractivity contribution in [3.63, 3.8) is 0 Å². The van der Waals surface area contributed by atoms with Gasteiger partial charge in [0.05, 0.1) is 51.6 Å². The van der Waals surface area contributed by atoms with Gasteiger partial charge in [-0.1, -0.05) is 15.9 Å². The first-order chi connectivity index (χ1) is 15.2. The van der Waals surface area contributed by atoms with Crippen LogP contribution in [0.3, 0.4) is 0 Å². The van der Waals surface area contributed by atoms with Crippen molar-refractivity contribution in [1.82, 2.24) is 9.34 Å². The summed E-state index contributed by atoms with van der Waals surface area (Å²) in [5.41, 5.74) is 0.951. The van der Waals surface area contributed by atoms with Gasteiger partial charge in [-0.15, -0.1) is 0 Å². The van der Waals surface area contributed by atoms with Crippen LogP contribution in [0.1, 0.15) is 0 Å². The third-order valence-electron chi connectivity index (χ3n) is 5.56. The number of ether oxygens (including phenoxy) is 4. The number of hydrogen-bond acceptors (Lipinski definition) is 5. The zero-order chi connectivity index (χ0) is 21.7. The van der Waals surface area contributed by atoms with E-state index in [1.54, 1.807) is 14.2 Å². The molecule has 2 aromatic carbocycles. The van der Waals surface area contributed by atoms with Crippen LogP contribution in [0, 0.1) is 0 Å². The lowest BCUT2D eigenvalue weighted by molar-refractivity contribution is 0.0578. The first-order valence-electron chi connectivity index (χ1n) is 10.4. The summed E-state index contributed by atoms with van der Waals surface area (Å²) in [4.78, 5) is 0. The number of hydrogen-bond donors (Lipinski definition) is 0. The van der Waals surface area contributed by atoms with E-state index in [0.717, 1.165) is 53.1 Å². The third kappa shape index (κ3) is 4.85. The standard InChI is InChI=1S/C22H29BrN3O4P/c1-27-20-7-8-22(21(17-20)28-2)31(25-9-13-29-14-10-25,26-11-15-30-16-12-26)24-19-5-3-18(23)4-6-19/h3-8,17H,9-16H2,1-2H3. The van der Waals surface area contributed by atoms with Crippen LogP contribution < -0.4 is 14.8 Å². The van der Waals surface area contributed by atoms with Gasteiger partial charge in [-0.3, -0.25) is 0 Å². The average Bonchev–Trinajstić information content (AvgIpc) is 2.84. The minimum atomic E-state index is -2.39. The van der Waals surface area contributed by atoms with Crippen LogP contribution in [0.5, 0.6) is 11.5 Å². The molecule has 2 aliphatic rings. The monoisotopic (exact) mass is 509 g/mol. The van der Waals surface area contributed by atoms with Crippen molar-refractivity contribution in [3.8, 4) is 11.5 Å². The average molecular weight is 510 g/mol. The molecule has 9 heteroatoms. The lowest BCUT2D eigenvalue weighted by atomic mass is 10.3. The SMILES string of the molecule is COc1ccc(P(=Nc2ccc(Br)cc2)(N2CCOCC2)N2CCOCC2)c(OC)c1. The summed E-state index contributed by atoms with van der Waals surface area (Å²) in [6, 6.07) is 14.3. The van der Waals surface area contributed by atoms with Gasteiger partial charge in [-0.05, 0) is 36.4 Å². The molecule has 0 amide bonds. The van der Waals surface area contributed by atoms with Gasteiger partial charge in [0.15, 0.2) is 0 Å². The molecule has 7 nitrogen and oxygen atoms in total. The topological polar surface area (TPSA) is 55.8 Å². The molecular formula is C22H29BrN3O4P. The Morgan fingerprint density at radius 2 is 1.42 bits per heavy atom. The number of morpholine rings is 2. The summed E-state index contributed by atoms with van der Waals surface area (Å²) in [6.45, 7) is 6.06. The summed E-state index contributed by atoms with van der Waals surface area (Å²) in [7, 11) is 1.00. The van der Waals surface area contributed by atoms with E-state index in [4.69, 9.17) is 23.7 Å². The molecule has 168 valence electrons. The molecule has 0 saturated carbocycles. The highest BCUT2D eigenvalue weighted by atomic mass is 79.9. The van der Waals surface area contributed by atoms with Crippen LogP contribution in [0.2, 0.25) is 0 Å². The minimum absolute atomic E-state index is 0.695. The lowest BCUT2D eigenvalue weighted by Gasteiger charge is -2.47. The molecule has 0 atom stereocenters. The van der Waals surface area contributed by atoms with Crippen molar-refractivity contribution in [2.45, 2.75) is 0 Å². The Balaban J connectivity index is 1.98. The fraction of sp³-hybridized carbons (Fsp3) is 0.455. The molecular weight excluding hydrogens is 481 g/mol. The number of rotatable bonds is 6. The maximum Gasteiger partial charge on any atom is 0.136 e. The predicted octanol–water partition coefficient (Wildman–Crippen LogP) is 4.12. The molecule has 2 aromatic rings. The van der Waals surface area contributed by atoms with Gasteiger partial charge in [-0.2, -0.15) is 0 Å². The van der Waals surface area contributed by atoms with E-state index in [1.165, 1.54) is 0 Å². The van der Waals surface area contributed by atoms with Crippen molar-refractivity contribution < 1.29 is 18.9 Å². The molecule has 0 aromatic heterocycles. The Labute approximate surface area is 192 Å². The Morgan fingerprint density at radius 3 is 1.94 bits per heavy atom. The van der Waals surface area contributed by atoms with Crippen LogP contribution >= 0.6 is 23.3 Å². The van der Waals surface area contributed by atoms with E-state index < -0.39 is 7.36 Å². The van der Waals surface area contributed by atoms with E-state index in [1.807, 2.05) is 24.3 Å². The van der Waals surface area contributed by atoms with Crippen LogP contribution in [-0.4, -0.2) is 76.2 Å². The first kappa shape index (κ1) is 22.8. The van der Waals surface area contributed by atoms with Gasteiger partial charge >= 0.3 is 0 Å². The Morgan fingerprint density at radius 1 is 0.839 bits per heavy atom. The van der Waals surface area contributed by atoms with Crippen molar-refractivity contribution in [1.29, 1.82) is 0 Å². The molecule has 2 saturated heterocycles. The van der Waals surface area contributed by atoms with Crippen LogP contribution in [0.4, 0.5) is 5.69 Å². The Bertz CT molecular complexity index is 907. The number of benzene rings is 2. The van der Waals surface area contributed by atoms with Gasteiger partial charge in [0.1, 0.15) is 18.9 Å². The smallest absolute Gasteiger partial charge is 0.136 e. The predicted molar refractivity (Wildman–Crippen MR) is 127 cm³/mol. The van der Waals surface area contributed by atoms with Gasteiger partial charge < -0.3 is 18.9 Å². The zero-order valence-corrected chi connectivity index (χ0v) is 20.5. The Hall–Kier alpha value is -1.41. The molecule has 2 heterocycles. The van der Waals surface area contributed by atoms with Crippen LogP contribution in [-0.2, 0) is 9.47 Å². The van der Waals surface area contributed by atoms with Gasteiger partial charge in [-0.25, -0.2) is 14.1 Å². The van der Waals surface area contributed by atoms with Gasteiger partial charge in [0, 0.05) is 36.7 Å². The summed E-state index contributed by atoms with van der Waals surface area (Å²) in [5.74, 6) is 1.57. The molecule has 2 aliphatic heterocycles. The maximum atomic E-state index is 5.90. The van der Waals surface area contributed by atoms with E-state index >= 15 is 0 Å². The van der Waals surface area contributed by atoms with Crippen LogP contribution in [0.25, 0.3) is 0 Å². The van der Waals surface area contributed by atoms with E-state index in [9.17, 15) is 0 Å². The molecule has 0 bridgehead atoms. The van der Waals surface area contributed by atoms with Crippen molar-refractivity contribution in [2.75, 3.05) is 66.8 Å². The molecule has 0 unspecified atom stereocenters. The minimum Gasteiger partial charge on any atom is -0.497 e. The van der Waals surface area contributed by atoms with Gasteiger partial charge in [0.2, 0.25) is 0 Å².